The molecule has 0 bridgehead atoms. The molecule has 0 amide bonds. The van der Waals surface area contributed by atoms with Crippen LogP contribution in [0.25, 0.3) is 0 Å². The van der Waals surface area contributed by atoms with E-state index in [1.165, 1.54) is 0 Å². The predicted molar refractivity (Wildman–Crippen MR) is 59.2 cm³/mol. The molecule has 98 valence electrons. The number of hydrogen-bond donors (Lipinski definition) is 1. The van der Waals surface area contributed by atoms with Crippen LogP contribution in [0.15, 0.2) is 0 Å². The Balaban J connectivity index is 3.45. The average Bonchev–Trinajstić information content (AvgIpc) is 2.30. The number of hydrogen-bond acceptors (Lipinski definition) is 6. The highest BCUT2D eigenvalue weighted by Crippen LogP contribution is 1.89. The molecule has 16 heavy (non-hydrogen) atoms. The summed E-state index contributed by atoms with van der Waals surface area (Å²) < 4.78 is 19.9. The molecule has 0 spiro atoms. The zero-order valence-electron chi connectivity index (χ0n) is 10.2. The first-order chi connectivity index (χ1) is 7.85. The second-order valence-corrected chi connectivity index (χ2v) is 3.19. The number of rotatable bonds is 12. The van der Waals surface area contributed by atoms with Crippen LogP contribution in [0.4, 0.5) is 0 Å². The molecule has 0 unspecified atom stereocenters. The van der Waals surface area contributed by atoms with E-state index in [4.69, 9.17) is 24.1 Å². The van der Waals surface area contributed by atoms with Crippen molar-refractivity contribution in [3.8, 4) is 0 Å². The lowest BCUT2D eigenvalue weighted by Gasteiger charge is -2.20. The highest BCUT2D eigenvalue weighted by Gasteiger charge is 2.03. The third-order valence-electron chi connectivity index (χ3n) is 1.92. The Morgan fingerprint density at radius 1 is 0.875 bits per heavy atom. The molecule has 0 fully saturated rings. The first-order valence-corrected chi connectivity index (χ1v) is 5.31. The van der Waals surface area contributed by atoms with Crippen molar-refractivity contribution in [2.45, 2.75) is 0 Å². The van der Waals surface area contributed by atoms with Crippen molar-refractivity contribution in [2.24, 2.45) is 0 Å². The maximum absolute atomic E-state index is 8.87. The quantitative estimate of drug-likeness (QED) is 0.365. The number of aliphatic hydroxyl groups excluding tert-OH is 1. The number of aliphatic hydroxyl groups is 1. The molecule has 0 heterocycles. The molecule has 1 N–H and O–H groups in total. The smallest absolute Gasteiger partial charge is 0.146 e. The first-order valence-electron chi connectivity index (χ1n) is 5.31. The second-order valence-electron chi connectivity index (χ2n) is 3.19. The standard InChI is InChI=1S/C10H23NO5/c1-13-9-15-7-4-11(3-6-12)5-8-16-10-14-2/h12H,3-10H2,1-2H3. The van der Waals surface area contributed by atoms with E-state index in [1.807, 2.05) is 0 Å². The summed E-state index contributed by atoms with van der Waals surface area (Å²) >= 11 is 0. The van der Waals surface area contributed by atoms with Crippen molar-refractivity contribution in [3.05, 3.63) is 0 Å². The fourth-order valence-electron chi connectivity index (χ4n) is 1.15. The van der Waals surface area contributed by atoms with Crippen LogP contribution in [-0.2, 0) is 18.9 Å². The van der Waals surface area contributed by atoms with Crippen LogP contribution in [0.2, 0.25) is 0 Å². The maximum atomic E-state index is 8.87. The summed E-state index contributed by atoms with van der Waals surface area (Å²) in [5.74, 6) is 0. The van der Waals surface area contributed by atoms with Crippen LogP contribution in [0.3, 0.4) is 0 Å². The van der Waals surface area contributed by atoms with Gasteiger partial charge < -0.3 is 24.1 Å². The summed E-state index contributed by atoms with van der Waals surface area (Å²) in [5, 5.41) is 8.87. The minimum absolute atomic E-state index is 0.133. The average molecular weight is 237 g/mol. The minimum Gasteiger partial charge on any atom is -0.395 e. The fourth-order valence-corrected chi connectivity index (χ4v) is 1.15. The van der Waals surface area contributed by atoms with Crippen LogP contribution in [-0.4, -0.2) is 77.3 Å². The molecule has 0 rings (SSSR count). The normalized spacial score (nSPS) is 11.2. The monoisotopic (exact) mass is 237 g/mol. The first kappa shape index (κ1) is 15.8. The Labute approximate surface area is 97.0 Å². The number of nitrogens with zero attached hydrogens (tertiary/aromatic N) is 1. The lowest BCUT2D eigenvalue weighted by atomic mass is 10.4. The molecule has 0 aromatic heterocycles. The summed E-state index contributed by atoms with van der Waals surface area (Å²) in [6.07, 6.45) is 0. The van der Waals surface area contributed by atoms with Gasteiger partial charge in [0.25, 0.3) is 0 Å². The Hall–Kier alpha value is -0.240. The number of methoxy groups -OCH3 is 2. The summed E-state index contributed by atoms with van der Waals surface area (Å²) in [7, 11) is 3.17. The molecule has 6 heteroatoms. The van der Waals surface area contributed by atoms with Gasteiger partial charge in [0, 0.05) is 33.9 Å². The molecule has 0 radical (unpaired) electrons. The molecule has 0 saturated carbocycles. The Bertz CT molecular complexity index is 124. The highest BCUT2D eigenvalue weighted by atomic mass is 16.7. The van der Waals surface area contributed by atoms with Gasteiger partial charge in [-0.15, -0.1) is 0 Å². The van der Waals surface area contributed by atoms with E-state index in [-0.39, 0.29) is 6.61 Å². The molecule has 0 atom stereocenters. The molecule has 0 saturated heterocycles. The van der Waals surface area contributed by atoms with Crippen LogP contribution in [0.5, 0.6) is 0 Å². The van der Waals surface area contributed by atoms with Gasteiger partial charge >= 0.3 is 0 Å². The lowest BCUT2D eigenvalue weighted by molar-refractivity contribution is -0.0495. The largest absolute Gasteiger partial charge is 0.395 e. The topological polar surface area (TPSA) is 60.4 Å². The van der Waals surface area contributed by atoms with E-state index in [2.05, 4.69) is 4.90 Å². The Kier molecular flexibility index (Phi) is 12.6. The van der Waals surface area contributed by atoms with Crippen LogP contribution in [0, 0.1) is 0 Å². The molecular weight excluding hydrogens is 214 g/mol. The molecule has 6 nitrogen and oxygen atoms in total. The van der Waals surface area contributed by atoms with Crippen molar-refractivity contribution < 1.29 is 24.1 Å². The van der Waals surface area contributed by atoms with Crippen molar-refractivity contribution in [3.63, 3.8) is 0 Å². The predicted octanol–water partition coefficient (Wildman–Crippen LogP) is -0.478. The fraction of sp³-hybridized carbons (Fsp3) is 1.00. The van der Waals surface area contributed by atoms with Gasteiger partial charge in [0.15, 0.2) is 0 Å². The minimum atomic E-state index is 0.133. The summed E-state index contributed by atoms with van der Waals surface area (Å²) in [6.45, 7) is 4.01. The molecule has 0 aromatic rings. The third kappa shape index (κ3) is 10.3. The van der Waals surface area contributed by atoms with Gasteiger partial charge in [0.05, 0.1) is 19.8 Å². The van der Waals surface area contributed by atoms with Gasteiger partial charge in [-0.1, -0.05) is 0 Å². The van der Waals surface area contributed by atoms with Gasteiger partial charge in [-0.05, 0) is 0 Å². The van der Waals surface area contributed by atoms with E-state index >= 15 is 0 Å². The van der Waals surface area contributed by atoms with Gasteiger partial charge in [-0.3, -0.25) is 4.90 Å². The van der Waals surface area contributed by atoms with Crippen LogP contribution in [0.1, 0.15) is 0 Å². The van der Waals surface area contributed by atoms with Crippen molar-refractivity contribution >= 4 is 0 Å². The highest BCUT2D eigenvalue weighted by molar-refractivity contribution is 4.55. The summed E-state index contributed by atoms with van der Waals surface area (Å²) in [5.41, 5.74) is 0. The second kappa shape index (κ2) is 12.8. The van der Waals surface area contributed by atoms with E-state index < -0.39 is 0 Å². The van der Waals surface area contributed by atoms with Gasteiger partial charge in [-0.25, -0.2) is 0 Å². The summed E-state index contributed by atoms with van der Waals surface area (Å²) in [6, 6.07) is 0. The number of ether oxygens (including phenoxy) is 4. The van der Waals surface area contributed by atoms with E-state index in [1.54, 1.807) is 14.2 Å². The van der Waals surface area contributed by atoms with E-state index in [0.29, 0.717) is 33.3 Å². The molecule has 0 aromatic carbocycles. The molecule has 0 aliphatic heterocycles. The van der Waals surface area contributed by atoms with Crippen LogP contribution < -0.4 is 0 Å². The lowest BCUT2D eigenvalue weighted by Crippen LogP contribution is -2.33. The zero-order valence-corrected chi connectivity index (χ0v) is 10.2. The third-order valence-corrected chi connectivity index (χ3v) is 1.92. The van der Waals surface area contributed by atoms with Gasteiger partial charge in [0.2, 0.25) is 0 Å². The maximum Gasteiger partial charge on any atom is 0.146 e. The summed E-state index contributed by atoms with van der Waals surface area (Å²) in [4.78, 5) is 2.06. The van der Waals surface area contributed by atoms with Crippen molar-refractivity contribution in [1.82, 2.24) is 4.90 Å². The van der Waals surface area contributed by atoms with Gasteiger partial charge in [-0.2, -0.15) is 0 Å². The zero-order chi connectivity index (χ0) is 12.1. The van der Waals surface area contributed by atoms with Crippen LogP contribution >= 0.6 is 0 Å². The van der Waals surface area contributed by atoms with Crippen molar-refractivity contribution in [2.75, 3.05) is 67.3 Å². The molecular formula is C10H23NO5. The molecule has 0 aliphatic carbocycles. The Morgan fingerprint density at radius 3 is 1.75 bits per heavy atom. The van der Waals surface area contributed by atoms with E-state index in [9.17, 15) is 0 Å². The Morgan fingerprint density at radius 2 is 1.38 bits per heavy atom. The van der Waals surface area contributed by atoms with E-state index in [0.717, 1.165) is 13.1 Å². The SMILES string of the molecule is COCOCCN(CCO)CCOCOC. The van der Waals surface area contributed by atoms with Gasteiger partial charge in [0.1, 0.15) is 13.6 Å². The molecule has 0 aliphatic rings. The van der Waals surface area contributed by atoms with Crippen molar-refractivity contribution in [1.29, 1.82) is 0 Å².